The van der Waals surface area contributed by atoms with E-state index in [1.165, 1.54) is 0 Å². The predicted molar refractivity (Wildman–Crippen MR) is 102 cm³/mol. The number of pyridine rings is 1. The Morgan fingerprint density at radius 3 is 2.84 bits per heavy atom. The molecule has 0 aliphatic heterocycles. The Labute approximate surface area is 159 Å². The number of fused-ring (bicyclic) bond motifs is 1. The van der Waals surface area contributed by atoms with Crippen molar-refractivity contribution in [3.05, 3.63) is 69.5 Å². The molecule has 1 saturated carbocycles. The number of benzene rings is 1. The van der Waals surface area contributed by atoms with E-state index in [2.05, 4.69) is 26.2 Å². The summed E-state index contributed by atoms with van der Waals surface area (Å²) in [5, 5.41) is 3.73. The lowest BCUT2D eigenvalue weighted by atomic mass is 9.64. The molecule has 1 amide bonds. The maximum Gasteiger partial charge on any atom is 0.230 e. The van der Waals surface area contributed by atoms with Gasteiger partial charge in [0, 0.05) is 21.9 Å². The van der Waals surface area contributed by atoms with E-state index in [4.69, 9.17) is 11.6 Å². The van der Waals surface area contributed by atoms with Crippen LogP contribution in [0.5, 0.6) is 0 Å². The molecule has 4 rings (SSSR count). The van der Waals surface area contributed by atoms with Crippen molar-refractivity contribution < 1.29 is 4.79 Å². The van der Waals surface area contributed by atoms with Crippen LogP contribution in [0.2, 0.25) is 5.02 Å². The predicted octanol–water partition coefficient (Wildman–Crippen LogP) is 4.49. The number of rotatable bonds is 4. The average molecular weight is 419 g/mol. The molecule has 1 aliphatic rings. The van der Waals surface area contributed by atoms with E-state index >= 15 is 0 Å². The molecule has 1 aliphatic carbocycles. The van der Waals surface area contributed by atoms with Crippen LogP contribution >= 0.6 is 27.5 Å². The molecule has 1 fully saturated rings. The highest BCUT2D eigenvalue weighted by Crippen LogP contribution is 2.44. The number of amides is 1. The topological polar surface area (TPSA) is 46.4 Å². The summed E-state index contributed by atoms with van der Waals surface area (Å²) < 4.78 is 2.93. The third-order valence-electron chi connectivity index (χ3n) is 4.91. The molecule has 0 unspecified atom stereocenters. The Hall–Kier alpha value is -1.85. The standard InChI is InChI=1S/C19H17BrClN3O/c20-14-5-6-17-23-16(12-24(17)11-14)10-22-18(25)19(7-2-8-19)13-3-1-4-15(21)9-13/h1,3-6,9,11-12H,2,7-8,10H2,(H,22,25). The Balaban J connectivity index is 1.52. The maximum absolute atomic E-state index is 12.9. The van der Waals surface area contributed by atoms with Crippen molar-refractivity contribution in [1.29, 1.82) is 0 Å². The van der Waals surface area contributed by atoms with Gasteiger partial charge in [-0.15, -0.1) is 0 Å². The summed E-state index contributed by atoms with van der Waals surface area (Å²) in [6.07, 6.45) is 6.66. The van der Waals surface area contributed by atoms with Gasteiger partial charge in [0.15, 0.2) is 0 Å². The Kier molecular flexibility index (Phi) is 4.29. The molecule has 3 aromatic rings. The highest BCUT2D eigenvalue weighted by atomic mass is 79.9. The van der Waals surface area contributed by atoms with Gasteiger partial charge in [0.1, 0.15) is 5.65 Å². The quantitative estimate of drug-likeness (QED) is 0.678. The summed E-state index contributed by atoms with van der Waals surface area (Å²) in [5.74, 6) is 0.0549. The fourth-order valence-electron chi connectivity index (χ4n) is 3.41. The summed E-state index contributed by atoms with van der Waals surface area (Å²) in [6.45, 7) is 0.417. The molecule has 1 aromatic carbocycles. The average Bonchev–Trinajstić information content (AvgIpc) is 2.94. The second-order valence-electron chi connectivity index (χ2n) is 6.47. The van der Waals surface area contributed by atoms with Crippen molar-refractivity contribution in [2.75, 3.05) is 0 Å². The number of aromatic nitrogens is 2. The van der Waals surface area contributed by atoms with E-state index in [1.54, 1.807) is 0 Å². The minimum atomic E-state index is -0.451. The lowest BCUT2D eigenvalue weighted by Gasteiger charge is -2.40. The van der Waals surface area contributed by atoms with Crippen LogP contribution in [0, 0.1) is 0 Å². The van der Waals surface area contributed by atoms with Gasteiger partial charge in [0.05, 0.1) is 17.7 Å². The molecule has 4 nitrogen and oxygen atoms in total. The number of hydrogen-bond acceptors (Lipinski definition) is 2. The first-order chi connectivity index (χ1) is 12.1. The third-order valence-corrected chi connectivity index (χ3v) is 5.62. The van der Waals surface area contributed by atoms with E-state index in [9.17, 15) is 4.79 Å². The molecule has 6 heteroatoms. The van der Waals surface area contributed by atoms with Crippen LogP contribution in [0.25, 0.3) is 5.65 Å². The zero-order valence-electron chi connectivity index (χ0n) is 13.5. The number of hydrogen-bond donors (Lipinski definition) is 1. The van der Waals surface area contributed by atoms with Crippen molar-refractivity contribution in [2.45, 2.75) is 31.2 Å². The minimum Gasteiger partial charge on any atom is -0.350 e. The van der Waals surface area contributed by atoms with Crippen LogP contribution < -0.4 is 5.32 Å². The summed E-state index contributed by atoms with van der Waals surface area (Å²) in [4.78, 5) is 17.5. The van der Waals surface area contributed by atoms with E-state index in [0.717, 1.165) is 40.6 Å². The van der Waals surface area contributed by atoms with Crippen molar-refractivity contribution in [1.82, 2.24) is 14.7 Å². The summed E-state index contributed by atoms with van der Waals surface area (Å²) in [5.41, 5.74) is 2.25. The van der Waals surface area contributed by atoms with Gasteiger partial charge in [-0.2, -0.15) is 0 Å². The van der Waals surface area contributed by atoms with Crippen LogP contribution in [-0.2, 0) is 16.8 Å². The second kappa shape index (κ2) is 6.46. The van der Waals surface area contributed by atoms with Crippen molar-refractivity contribution in [3.63, 3.8) is 0 Å². The zero-order chi connectivity index (χ0) is 17.4. The molecule has 25 heavy (non-hydrogen) atoms. The van der Waals surface area contributed by atoms with Crippen LogP contribution in [-0.4, -0.2) is 15.3 Å². The Bertz CT molecular complexity index is 949. The first-order valence-electron chi connectivity index (χ1n) is 8.24. The summed E-state index contributed by atoms with van der Waals surface area (Å²) in [6, 6.07) is 11.5. The fourth-order valence-corrected chi connectivity index (χ4v) is 3.95. The molecule has 128 valence electrons. The largest absolute Gasteiger partial charge is 0.350 e. The monoisotopic (exact) mass is 417 g/mol. The van der Waals surface area contributed by atoms with Gasteiger partial charge in [-0.1, -0.05) is 30.2 Å². The lowest BCUT2D eigenvalue weighted by Crippen LogP contribution is -2.49. The first kappa shape index (κ1) is 16.6. The van der Waals surface area contributed by atoms with Gasteiger partial charge in [-0.05, 0) is 58.6 Å². The normalized spacial score (nSPS) is 15.8. The van der Waals surface area contributed by atoms with E-state index in [0.29, 0.717) is 11.6 Å². The number of imidazole rings is 1. The third kappa shape index (κ3) is 3.07. The Morgan fingerprint density at radius 2 is 2.12 bits per heavy atom. The molecular weight excluding hydrogens is 402 g/mol. The summed E-state index contributed by atoms with van der Waals surface area (Å²) in [7, 11) is 0. The molecule has 2 heterocycles. The van der Waals surface area contributed by atoms with Gasteiger partial charge < -0.3 is 9.72 Å². The van der Waals surface area contributed by atoms with E-state index < -0.39 is 5.41 Å². The molecule has 2 aromatic heterocycles. The molecular formula is C19H17BrClN3O. The molecule has 1 N–H and O–H groups in total. The highest BCUT2D eigenvalue weighted by Gasteiger charge is 2.45. The van der Waals surface area contributed by atoms with Crippen molar-refractivity contribution >= 4 is 39.1 Å². The van der Waals surface area contributed by atoms with Crippen LogP contribution in [0.1, 0.15) is 30.5 Å². The smallest absolute Gasteiger partial charge is 0.230 e. The van der Waals surface area contributed by atoms with Crippen LogP contribution in [0.15, 0.2) is 53.3 Å². The summed E-state index contributed by atoms with van der Waals surface area (Å²) >= 11 is 9.57. The van der Waals surface area contributed by atoms with Crippen LogP contribution in [0.3, 0.4) is 0 Å². The molecule has 0 saturated heterocycles. The van der Waals surface area contributed by atoms with Crippen molar-refractivity contribution in [3.8, 4) is 0 Å². The lowest BCUT2D eigenvalue weighted by molar-refractivity contribution is -0.130. The zero-order valence-corrected chi connectivity index (χ0v) is 15.8. The maximum atomic E-state index is 12.9. The van der Waals surface area contributed by atoms with Gasteiger partial charge in [0.25, 0.3) is 0 Å². The molecule has 0 radical (unpaired) electrons. The Morgan fingerprint density at radius 1 is 1.28 bits per heavy atom. The van der Waals surface area contributed by atoms with Gasteiger partial charge >= 0.3 is 0 Å². The van der Waals surface area contributed by atoms with Crippen molar-refractivity contribution in [2.24, 2.45) is 0 Å². The number of halogens is 2. The molecule has 0 bridgehead atoms. The molecule has 0 atom stereocenters. The SMILES string of the molecule is O=C(NCc1cn2cc(Br)ccc2n1)C1(c2cccc(Cl)c2)CCC1. The van der Waals surface area contributed by atoms with Gasteiger partial charge in [0.2, 0.25) is 5.91 Å². The van der Waals surface area contributed by atoms with E-state index in [1.807, 2.05) is 53.2 Å². The number of carbonyl (C=O) groups excluding carboxylic acids is 1. The van der Waals surface area contributed by atoms with Crippen LogP contribution in [0.4, 0.5) is 0 Å². The number of carbonyl (C=O) groups is 1. The van der Waals surface area contributed by atoms with Gasteiger partial charge in [-0.25, -0.2) is 4.98 Å². The second-order valence-corrected chi connectivity index (χ2v) is 7.83. The number of nitrogens with zero attached hydrogens (tertiary/aromatic N) is 2. The van der Waals surface area contributed by atoms with Gasteiger partial charge in [-0.3, -0.25) is 4.79 Å². The van der Waals surface area contributed by atoms with E-state index in [-0.39, 0.29) is 5.91 Å². The minimum absolute atomic E-state index is 0.0549. The molecule has 0 spiro atoms. The fraction of sp³-hybridized carbons (Fsp3) is 0.263. The number of nitrogens with one attached hydrogen (secondary N) is 1. The highest BCUT2D eigenvalue weighted by molar-refractivity contribution is 9.10. The first-order valence-corrected chi connectivity index (χ1v) is 9.41.